The lowest BCUT2D eigenvalue weighted by atomic mass is 9.84. The number of amides is 2. The molecule has 0 bridgehead atoms. The lowest BCUT2D eigenvalue weighted by Gasteiger charge is -2.41. The highest BCUT2D eigenvalue weighted by Gasteiger charge is 2.34. The molecule has 1 aliphatic carbocycles. The van der Waals surface area contributed by atoms with E-state index in [9.17, 15) is 19.2 Å². The van der Waals surface area contributed by atoms with Crippen LogP contribution in [0, 0.1) is 23.1 Å². The molecule has 2 amide bonds. The number of rotatable bonds is 9. The van der Waals surface area contributed by atoms with Crippen molar-refractivity contribution in [3.05, 3.63) is 71.7 Å². The van der Waals surface area contributed by atoms with E-state index < -0.39 is 11.4 Å². The lowest BCUT2D eigenvalue weighted by Crippen LogP contribution is -2.51. The van der Waals surface area contributed by atoms with Gasteiger partial charge in [-0.05, 0) is 42.9 Å². The van der Waals surface area contributed by atoms with Crippen molar-refractivity contribution in [2.24, 2.45) is 22.4 Å². The minimum absolute atomic E-state index is 0.0660. The molecule has 0 radical (unpaired) electrons. The van der Waals surface area contributed by atoms with Crippen molar-refractivity contribution in [3.8, 4) is 17.2 Å². The quantitative estimate of drug-likeness (QED) is 0.274. The van der Waals surface area contributed by atoms with Gasteiger partial charge in [0, 0.05) is 37.3 Å². The van der Waals surface area contributed by atoms with Gasteiger partial charge in [-0.1, -0.05) is 42.5 Å². The Morgan fingerprint density at radius 2 is 1.81 bits per heavy atom. The van der Waals surface area contributed by atoms with Gasteiger partial charge >= 0.3 is 0 Å². The number of carbonyl (C=O) groups excluding carboxylic acids is 2. The van der Waals surface area contributed by atoms with Crippen molar-refractivity contribution in [1.29, 1.82) is 5.26 Å². The molecule has 4 rings (SSSR count). The third-order valence-corrected chi connectivity index (χ3v) is 7.00. The minimum atomic E-state index is -0.791. The van der Waals surface area contributed by atoms with Gasteiger partial charge in [-0.3, -0.25) is 14.5 Å². The molecule has 0 spiro atoms. The van der Waals surface area contributed by atoms with Gasteiger partial charge in [0.2, 0.25) is 0 Å². The summed E-state index contributed by atoms with van der Waals surface area (Å²) in [5, 5.41) is 12.7. The maximum Gasteiger partial charge on any atom is 0.253 e. The normalized spacial score (nSPS) is 18.2. The number of amidine groups is 1. The second kappa shape index (κ2) is 11.4. The molecule has 1 aliphatic heterocycles. The summed E-state index contributed by atoms with van der Waals surface area (Å²) < 4.78 is 14.1. The SMILES string of the molecule is N#CCC1(N/C=C(/C(N)=O)C(N)=NC(=O)C2CC2)CCN(Cc2ccc(-c3ccccc3F)cc2)CC1. The number of benzene rings is 2. The number of primary amides is 1. The predicted molar refractivity (Wildman–Crippen MR) is 139 cm³/mol. The first-order valence-electron chi connectivity index (χ1n) is 12.4. The lowest BCUT2D eigenvalue weighted by molar-refractivity contribution is -0.118. The molecule has 2 aliphatic rings. The number of hydrogen-bond acceptors (Lipinski definition) is 5. The molecule has 37 heavy (non-hydrogen) atoms. The van der Waals surface area contributed by atoms with E-state index in [0.29, 0.717) is 18.4 Å². The first-order valence-corrected chi connectivity index (χ1v) is 12.4. The Balaban J connectivity index is 1.39. The van der Waals surface area contributed by atoms with E-state index in [0.717, 1.165) is 43.6 Å². The van der Waals surface area contributed by atoms with Crippen LogP contribution in [0.15, 0.2) is 65.3 Å². The molecule has 2 aromatic carbocycles. The van der Waals surface area contributed by atoms with Crippen molar-refractivity contribution in [2.75, 3.05) is 13.1 Å². The van der Waals surface area contributed by atoms with Crippen LogP contribution >= 0.6 is 0 Å². The fraction of sp³-hybridized carbons (Fsp3) is 0.357. The van der Waals surface area contributed by atoms with Gasteiger partial charge in [0.25, 0.3) is 11.8 Å². The van der Waals surface area contributed by atoms with E-state index in [-0.39, 0.29) is 35.5 Å². The Bertz CT molecular complexity index is 1250. The number of likely N-dealkylation sites (tertiary alicyclic amines) is 1. The van der Waals surface area contributed by atoms with Crippen LogP contribution < -0.4 is 16.8 Å². The molecule has 2 fully saturated rings. The number of carbonyl (C=O) groups is 2. The number of halogens is 1. The summed E-state index contributed by atoms with van der Waals surface area (Å²) >= 11 is 0. The predicted octanol–water partition coefficient (Wildman–Crippen LogP) is 2.99. The Kier molecular flexibility index (Phi) is 7.99. The third-order valence-electron chi connectivity index (χ3n) is 7.00. The molecule has 9 heteroatoms. The van der Waals surface area contributed by atoms with Crippen molar-refractivity contribution in [2.45, 2.75) is 44.2 Å². The first-order chi connectivity index (χ1) is 17.8. The largest absolute Gasteiger partial charge is 0.384 e. The molecular formula is C28H31FN6O2. The Hall–Kier alpha value is -4.03. The second-order valence-electron chi connectivity index (χ2n) is 9.74. The van der Waals surface area contributed by atoms with Crippen molar-refractivity contribution >= 4 is 17.6 Å². The third kappa shape index (κ3) is 6.60. The maximum atomic E-state index is 14.1. The summed E-state index contributed by atoms with van der Waals surface area (Å²) in [7, 11) is 0. The van der Waals surface area contributed by atoms with Crippen LogP contribution in [0.3, 0.4) is 0 Å². The summed E-state index contributed by atoms with van der Waals surface area (Å²) in [5.41, 5.74) is 13.3. The van der Waals surface area contributed by atoms with Crippen LogP contribution in [-0.2, 0) is 16.1 Å². The van der Waals surface area contributed by atoms with Gasteiger partial charge in [-0.2, -0.15) is 10.3 Å². The average molecular weight is 503 g/mol. The molecule has 1 heterocycles. The molecular weight excluding hydrogens is 471 g/mol. The topological polar surface area (TPSA) is 138 Å². The molecule has 5 N–H and O–H groups in total. The number of nitrogens with one attached hydrogen (secondary N) is 1. The smallest absolute Gasteiger partial charge is 0.253 e. The number of nitrogens with two attached hydrogens (primary N) is 2. The van der Waals surface area contributed by atoms with Crippen LogP contribution in [0.25, 0.3) is 11.1 Å². The summed E-state index contributed by atoms with van der Waals surface area (Å²) in [4.78, 5) is 30.1. The highest BCUT2D eigenvalue weighted by atomic mass is 19.1. The summed E-state index contributed by atoms with van der Waals surface area (Å²) in [6.45, 7) is 2.19. The molecule has 8 nitrogen and oxygen atoms in total. The van der Waals surface area contributed by atoms with Gasteiger partial charge in [0.15, 0.2) is 0 Å². The average Bonchev–Trinajstić information content (AvgIpc) is 3.72. The Morgan fingerprint density at radius 3 is 2.41 bits per heavy atom. The highest BCUT2D eigenvalue weighted by Crippen LogP contribution is 2.30. The minimum Gasteiger partial charge on any atom is -0.384 e. The van der Waals surface area contributed by atoms with E-state index >= 15 is 0 Å². The van der Waals surface area contributed by atoms with Crippen LogP contribution in [0.2, 0.25) is 0 Å². The number of nitriles is 1. The maximum absolute atomic E-state index is 14.1. The standard InChI is InChI=1S/C28H31FN6O2/c29-24-4-2-1-3-22(24)20-7-5-19(6-8-20)18-35-15-12-28(11-14-30,13-16-35)33-17-23(26(32)36)25(31)34-27(37)21-9-10-21/h1-8,17,21,33H,9-13,15-16,18H2,(H2,32,36)(H2,31,34,37)/b23-17+. The summed E-state index contributed by atoms with van der Waals surface area (Å²) in [6, 6.07) is 16.8. The number of hydrogen-bond donors (Lipinski definition) is 3. The molecule has 0 atom stereocenters. The van der Waals surface area contributed by atoms with Gasteiger partial charge in [0.05, 0.1) is 23.6 Å². The Morgan fingerprint density at radius 1 is 1.14 bits per heavy atom. The van der Waals surface area contributed by atoms with Crippen molar-refractivity contribution in [1.82, 2.24) is 10.2 Å². The fourth-order valence-corrected chi connectivity index (χ4v) is 4.50. The van der Waals surface area contributed by atoms with E-state index in [1.54, 1.807) is 12.1 Å². The molecule has 192 valence electrons. The Labute approximate surface area is 215 Å². The number of nitrogens with zero attached hydrogens (tertiary/aromatic N) is 3. The first kappa shape index (κ1) is 26.0. The van der Waals surface area contributed by atoms with Gasteiger partial charge in [-0.15, -0.1) is 0 Å². The van der Waals surface area contributed by atoms with Gasteiger partial charge in [0.1, 0.15) is 11.7 Å². The van der Waals surface area contributed by atoms with Crippen LogP contribution in [0.4, 0.5) is 4.39 Å². The zero-order valence-corrected chi connectivity index (χ0v) is 20.6. The number of piperidine rings is 1. The van der Waals surface area contributed by atoms with E-state index in [1.807, 2.05) is 30.3 Å². The van der Waals surface area contributed by atoms with E-state index in [4.69, 9.17) is 11.5 Å². The molecule has 1 saturated carbocycles. The van der Waals surface area contributed by atoms with Gasteiger partial charge < -0.3 is 16.8 Å². The molecule has 2 aromatic rings. The van der Waals surface area contributed by atoms with Gasteiger partial charge in [-0.25, -0.2) is 4.39 Å². The summed E-state index contributed by atoms with van der Waals surface area (Å²) in [5.74, 6) is -1.71. The van der Waals surface area contributed by atoms with Crippen molar-refractivity contribution < 1.29 is 14.0 Å². The summed E-state index contributed by atoms with van der Waals surface area (Å²) in [6.07, 6.45) is 4.51. The van der Waals surface area contributed by atoms with E-state index in [1.165, 1.54) is 12.3 Å². The van der Waals surface area contributed by atoms with Crippen LogP contribution in [-0.4, -0.2) is 41.2 Å². The fourth-order valence-electron chi connectivity index (χ4n) is 4.50. The van der Waals surface area contributed by atoms with E-state index in [2.05, 4.69) is 21.3 Å². The zero-order valence-electron chi connectivity index (χ0n) is 20.6. The second-order valence-corrected chi connectivity index (χ2v) is 9.74. The van der Waals surface area contributed by atoms with Crippen molar-refractivity contribution in [3.63, 3.8) is 0 Å². The molecule has 1 saturated heterocycles. The highest BCUT2D eigenvalue weighted by molar-refractivity contribution is 6.21. The van der Waals surface area contributed by atoms with Crippen LogP contribution in [0.1, 0.15) is 37.7 Å². The molecule has 0 unspecified atom stereocenters. The monoisotopic (exact) mass is 502 g/mol. The zero-order chi connectivity index (χ0) is 26.4. The number of aliphatic imine (C=N–C) groups is 1. The van der Waals surface area contributed by atoms with Crippen LogP contribution in [0.5, 0.6) is 0 Å². The molecule has 0 aromatic heterocycles.